The van der Waals surface area contributed by atoms with Crippen molar-refractivity contribution in [1.82, 2.24) is 14.0 Å². The molecule has 0 spiro atoms. The number of piperidine rings is 1. The smallest absolute Gasteiger partial charge is 0.204 e. The Bertz CT molecular complexity index is 788. The van der Waals surface area contributed by atoms with Crippen molar-refractivity contribution in [3.8, 4) is 0 Å². The molecule has 1 aromatic carbocycles. The molecule has 1 N–H and O–H groups in total. The first-order chi connectivity index (χ1) is 14.8. The topological polar surface area (TPSA) is 46.2 Å². The third kappa shape index (κ3) is 6.71. The van der Waals surface area contributed by atoms with E-state index in [1.807, 2.05) is 4.57 Å². The number of benzene rings is 1. The Kier molecular flexibility index (Phi) is 9.97. The van der Waals surface area contributed by atoms with Crippen molar-refractivity contribution in [3.05, 3.63) is 29.9 Å². The van der Waals surface area contributed by atoms with Gasteiger partial charge in [-0.2, -0.15) is 0 Å². The molecule has 30 heavy (non-hydrogen) atoms. The van der Waals surface area contributed by atoms with Crippen molar-refractivity contribution in [2.75, 3.05) is 26.2 Å². The number of imidazole rings is 1. The number of hydrogen-bond acceptors (Lipinski definition) is 3. The normalized spacial score (nSPS) is 15.2. The van der Waals surface area contributed by atoms with E-state index >= 15 is 0 Å². The van der Waals surface area contributed by atoms with Crippen LogP contribution in [0.2, 0.25) is 0 Å². The molecule has 0 saturated carbocycles. The number of ether oxygens (including phenoxy) is 1. The SMILES string of the molecule is CCCCCCCCCCOCn1c(=N)n(CCN2CCCCC2)c2ccccc21. The molecular weight excluding hydrogens is 372 g/mol. The maximum Gasteiger partial charge on any atom is 0.204 e. The van der Waals surface area contributed by atoms with Gasteiger partial charge < -0.3 is 14.2 Å². The maximum atomic E-state index is 8.75. The highest BCUT2D eigenvalue weighted by Crippen LogP contribution is 2.14. The quantitative estimate of drug-likeness (QED) is 0.414. The summed E-state index contributed by atoms with van der Waals surface area (Å²) in [4.78, 5) is 2.54. The highest BCUT2D eigenvalue weighted by Gasteiger charge is 2.13. The minimum absolute atomic E-state index is 0.479. The number of hydrogen-bond donors (Lipinski definition) is 1. The van der Waals surface area contributed by atoms with Crippen LogP contribution >= 0.6 is 0 Å². The maximum absolute atomic E-state index is 8.75. The van der Waals surface area contributed by atoms with Crippen LogP contribution in [-0.2, 0) is 18.0 Å². The van der Waals surface area contributed by atoms with Crippen LogP contribution in [0.15, 0.2) is 24.3 Å². The van der Waals surface area contributed by atoms with Crippen molar-refractivity contribution in [2.24, 2.45) is 0 Å². The summed E-state index contributed by atoms with van der Waals surface area (Å²) in [7, 11) is 0. The Labute approximate surface area is 182 Å². The summed E-state index contributed by atoms with van der Waals surface area (Å²) in [6.07, 6.45) is 14.5. The Balaban J connectivity index is 1.47. The second kappa shape index (κ2) is 13.0. The zero-order chi connectivity index (χ0) is 21.0. The zero-order valence-corrected chi connectivity index (χ0v) is 19.1. The Morgan fingerprint density at radius 2 is 1.43 bits per heavy atom. The van der Waals surface area contributed by atoms with Crippen molar-refractivity contribution in [1.29, 1.82) is 5.41 Å². The molecule has 5 nitrogen and oxygen atoms in total. The van der Waals surface area contributed by atoms with E-state index in [1.54, 1.807) is 0 Å². The first-order valence-electron chi connectivity index (χ1n) is 12.3. The molecule has 1 aliphatic rings. The third-order valence-corrected chi connectivity index (χ3v) is 6.43. The lowest BCUT2D eigenvalue weighted by Gasteiger charge is -2.26. The van der Waals surface area contributed by atoms with E-state index < -0.39 is 0 Å². The van der Waals surface area contributed by atoms with Crippen molar-refractivity contribution in [3.63, 3.8) is 0 Å². The van der Waals surface area contributed by atoms with Gasteiger partial charge in [0.15, 0.2) is 0 Å². The average Bonchev–Trinajstić information content (AvgIpc) is 3.05. The molecule has 0 aliphatic carbocycles. The third-order valence-electron chi connectivity index (χ3n) is 6.43. The van der Waals surface area contributed by atoms with Crippen LogP contribution in [0.4, 0.5) is 0 Å². The van der Waals surface area contributed by atoms with E-state index in [4.69, 9.17) is 10.1 Å². The molecule has 1 aliphatic heterocycles. The van der Waals surface area contributed by atoms with Gasteiger partial charge in [0.1, 0.15) is 6.73 Å². The average molecular weight is 415 g/mol. The zero-order valence-electron chi connectivity index (χ0n) is 19.1. The number of unbranched alkanes of at least 4 members (excludes halogenated alkanes) is 7. The molecule has 0 bridgehead atoms. The number of fused-ring (bicyclic) bond motifs is 1. The van der Waals surface area contributed by atoms with Gasteiger partial charge in [-0.05, 0) is 44.5 Å². The van der Waals surface area contributed by atoms with E-state index in [9.17, 15) is 0 Å². The summed E-state index contributed by atoms with van der Waals surface area (Å²) in [5.74, 6) is 0. The predicted molar refractivity (Wildman–Crippen MR) is 125 cm³/mol. The number of likely N-dealkylation sites (tertiary alicyclic amines) is 1. The fraction of sp³-hybridized carbons (Fsp3) is 0.720. The van der Waals surface area contributed by atoms with Crippen LogP contribution in [0.3, 0.4) is 0 Å². The monoisotopic (exact) mass is 414 g/mol. The molecule has 1 saturated heterocycles. The lowest BCUT2D eigenvalue weighted by atomic mass is 10.1. The largest absolute Gasteiger partial charge is 0.361 e. The Hall–Kier alpha value is -1.59. The second-order valence-electron chi connectivity index (χ2n) is 8.81. The van der Waals surface area contributed by atoms with Gasteiger partial charge in [-0.25, -0.2) is 0 Å². The van der Waals surface area contributed by atoms with Gasteiger partial charge in [-0.15, -0.1) is 0 Å². The van der Waals surface area contributed by atoms with E-state index in [2.05, 4.69) is 40.7 Å². The second-order valence-corrected chi connectivity index (χ2v) is 8.81. The van der Waals surface area contributed by atoms with Crippen molar-refractivity contribution >= 4 is 11.0 Å². The lowest BCUT2D eigenvalue weighted by molar-refractivity contribution is 0.0728. The van der Waals surface area contributed by atoms with Gasteiger partial charge in [-0.3, -0.25) is 9.98 Å². The standard InChI is InChI=1S/C25H42N4O/c1-2-3-4-5-6-7-8-14-21-30-22-29-24-16-11-10-15-23(24)28(25(29)26)20-19-27-17-12-9-13-18-27/h10-11,15-16,26H,2-9,12-14,17-22H2,1H3. The predicted octanol–water partition coefficient (Wildman–Crippen LogP) is 5.52. The van der Waals surface area contributed by atoms with Crippen LogP contribution < -0.4 is 5.62 Å². The molecule has 3 rings (SSSR count). The molecule has 0 unspecified atom stereocenters. The van der Waals surface area contributed by atoms with Gasteiger partial charge in [0.2, 0.25) is 5.62 Å². The molecule has 2 heterocycles. The molecule has 0 amide bonds. The van der Waals surface area contributed by atoms with E-state index in [0.717, 1.165) is 37.2 Å². The van der Waals surface area contributed by atoms with Crippen LogP contribution in [0, 0.1) is 5.41 Å². The Morgan fingerprint density at radius 1 is 0.800 bits per heavy atom. The summed E-state index contributed by atoms with van der Waals surface area (Å²) >= 11 is 0. The number of nitrogens with one attached hydrogen (secondary N) is 1. The first-order valence-corrected chi connectivity index (χ1v) is 12.3. The molecule has 168 valence electrons. The van der Waals surface area contributed by atoms with Gasteiger partial charge in [-0.1, -0.05) is 70.4 Å². The summed E-state index contributed by atoms with van der Waals surface area (Å²) in [6.45, 7) is 7.85. The Morgan fingerprint density at radius 3 is 2.13 bits per heavy atom. The molecule has 1 fully saturated rings. The minimum atomic E-state index is 0.479. The highest BCUT2D eigenvalue weighted by molar-refractivity contribution is 5.75. The molecule has 1 aromatic heterocycles. The summed E-state index contributed by atoms with van der Waals surface area (Å²) in [6, 6.07) is 8.39. The number of nitrogens with zero attached hydrogens (tertiary/aromatic N) is 3. The molecule has 0 atom stereocenters. The molecular formula is C25H42N4O. The van der Waals surface area contributed by atoms with Gasteiger partial charge in [0.25, 0.3) is 0 Å². The summed E-state index contributed by atoms with van der Waals surface area (Å²) in [5.41, 5.74) is 2.82. The number of rotatable bonds is 14. The summed E-state index contributed by atoms with van der Waals surface area (Å²) in [5, 5.41) is 8.75. The number of para-hydroxylation sites is 2. The summed E-state index contributed by atoms with van der Waals surface area (Å²) < 4.78 is 10.2. The highest BCUT2D eigenvalue weighted by atomic mass is 16.5. The fourth-order valence-electron chi connectivity index (χ4n) is 4.57. The molecule has 2 aromatic rings. The van der Waals surface area contributed by atoms with Gasteiger partial charge in [0, 0.05) is 19.7 Å². The van der Waals surface area contributed by atoms with Crippen LogP contribution in [0.5, 0.6) is 0 Å². The van der Waals surface area contributed by atoms with Gasteiger partial charge in [0.05, 0.1) is 11.0 Å². The van der Waals surface area contributed by atoms with Crippen LogP contribution in [0.1, 0.15) is 77.6 Å². The number of aromatic nitrogens is 2. The molecule has 0 radical (unpaired) electrons. The van der Waals surface area contributed by atoms with E-state index in [0.29, 0.717) is 12.3 Å². The van der Waals surface area contributed by atoms with Gasteiger partial charge >= 0.3 is 0 Å². The fourth-order valence-corrected chi connectivity index (χ4v) is 4.57. The van der Waals surface area contributed by atoms with Crippen LogP contribution in [0.25, 0.3) is 11.0 Å². The van der Waals surface area contributed by atoms with E-state index in [-0.39, 0.29) is 0 Å². The molecule has 5 heteroatoms. The van der Waals surface area contributed by atoms with Crippen molar-refractivity contribution in [2.45, 2.75) is 90.8 Å². The first kappa shape index (κ1) is 23.1. The van der Waals surface area contributed by atoms with E-state index in [1.165, 1.54) is 77.3 Å². The van der Waals surface area contributed by atoms with Crippen molar-refractivity contribution < 1.29 is 4.74 Å². The lowest BCUT2D eigenvalue weighted by Crippen LogP contribution is -2.35. The minimum Gasteiger partial charge on any atom is -0.361 e. The van der Waals surface area contributed by atoms with Crippen LogP contribution in [-0.4, -0.2) is 40.3 Å².